The molecule has 0 aromatic heterocycles. The largest absolute Gasteiger partial charge is 0.493 e. The van der Waals surface area contributed by atoms with Crippen LogP contribution in [0.2, 0.25) is 0 Å². The molecule has 0 bridgehead atoms. The highest BCUT2D eigenvalue weighted by Crippen LogP contribution is 2.54. The van der Waals surface area contributed by atoms with Gasteiger partial charge < -0.3 is 23.7 Å². The summed E-state index contributed by atoms with van der Waals surface area (Å²) in [6, 6.07) is 6.91. The van der Waals surface area contributed by atoms with E-state index in [0.717, 1.165) is 58.2 Å². The van der Waals surface area contributed by atoms with Gasteiger partial charge in [0.15, 0.2) is 23.0 Å². The van der Waals surface area contributed by atoms with E-state index in [-0.39, 0.29) is 0 Å². The van der Waals surface area contributed by atoms with Crippen LogP contribution in [0, 0.1) is 11.8 Å². The lowest BCUT2D eigenvalue weighted by Crippen LogP contribution is -2.44. The van der Waals surface area contributed by atoms with E-state index < -0.39 is 0 Å². The summed E-state index contributed by atoms with van der Waals surface area (Å²) < 4.78 is 28.9. The smallest absolute Gasteiger partial charge is 0.203 e. The predicted octanol–water partition coefficient (Wildman–Crippen LogP) is 4.80. The maximum atomic E-state index is 5.99. The molecular formula is C27H31NO5. The van der Waals surface area contributed by atoms with E-state index in [4.69, 9.17) is 23.7 Å². The normalized spacial score (nSPS) is 23.5. The molecule has 1 aliphatic carbocycles. The summed E-state index contributed by atoms with van der Waals surface area (Å²) in [5.74, 6) is 5.31. The second-order valence-corrected chi connectivity index (χ2v) is 9.56. The molecule has 3 atom stereocenters. The molecule has 6 heteroatoms. The molecule has 1 saturated heterocycles. The van der Waals surface area contributed by atoms with Crippen LogP contribution in [0.1, 0.15) is 24.0 Å². The minimum atomic E-state index is 0.598. The topological polar surface area (TPSA) is 49.4 Å². The molecule has 6 nitrogen and oxygen atoms in total. The second-order valence-electron chi connectivity index (χ2n) is 9.56. The lowest BCUT2D eigenvalue weighted by Gasteiger charge is -2.41. The molecule has 2 heterocycles. The molecule has 0 N–H and O–H groups in total. The van der Waals surface area contributed by atoms with Gasteiger partial charge in [0.25, 0.3) is 0 Å². The quantitative estimate of drug-likeness (QED) is 0.522. The Balaban J connectivity index is 1.72. The van der Waals surface area contributed by atoms with Crippen molar-refractivity contribution in [1.82, 2.24) is 4.90 Å². The fourth-order valence-electron chi connectivity index (χ4n) is 6.36. The molecule has 0 radical (unpaired) electrons. The summed E-state index contributed by atoms with van der Waals surface area (Å²) in [6.07, 6.45) is 3.74. The Bertz CT molecular complexity index is 1270. The number of rotatable bonds is 5. The van der Waals surface area contributed by atoms with Crippen molar-refractivity contribution in [1.29, 1.82) is 0 Å². The van der Waals surface area contributed by atoms with Gasteiger partial charge in [-0.1, -0.05) is 0 Å². The lowest BCUT2D eigenvalue weighted by molar-refractivity contribution is 0.122. The third-order valence-electron chi connectivity index (χ3n) is 8.07. The van der Waals surface area contributed by atoms with Gasteiger partial charge in [0, 0.05) is 24.5 Å². The van der Waals surface area contributed by atoms with Crippen LogP contribution in [0.15, 0.2) is 18.2 Å². The predicted molar refractivity (Wildman–Crippen MR) is 128 cm³/mol. The van der Waals surface area contributed by atoms with Crippen molar-refractivity contribution < 1.29 is 23.7 Å². The number of nitrogens with zero attached hydrogens (tertiary/aromatic N) is 1. The monoisotopic (exact) mass is 449 g/mol. The third kappa shape index (κ3) is 2.96. The Hall–Kier alpha value is -2.86. The van der Waals surface area contributed by atoms with Crippen LogP contribution in [-0.4, -0.2) is 53.0 Å². The average Bonchev–Trinajstić information content (AvgIpc) is 3.62. The molecule has 33 heavy (non-hydrogen) atoms. The van der Waals surface area contributed by atoms with E-state index in [1.165, 1.54) is 35.9 Å². The van der Waals surface area contributed by atoms with E-state index in [9.17, 15) is 0 Å². The Labute approximate surface area is 194 Å². The number of piperidine rings is 1. The highest BCUT2D eigenvalue weighted by Gasteiger charge is 2.47. The van der Waals surface area contributed by atoms with Crippen LogP contribution in [-0.2, 0) is 13.0 Å². The van der Waals surface area contributed by atoms with Crippen LogP contribution in [0.25, 0.3) is 21.5 Å². The first-order valence-corrected chi connectivity index (χ1v) is 11.7. The van der Waals surface area contributed by atoms with Gasteiger partial charge in [-0.05, 0) is 76.6 Å². The van der Waals surface area contributed by atoms with Crippen LogP contribution in [0.4, 0.5) is 0 Å². The first-order valence-electron chi connectivity index (χ1n) is 11.7. The fraction of sp³-hybridized carbons (Fsp3) is 0.481. The van der Waals surface area contributed by atoms with Gasteiger partial charge in [-0.15, -0.1) is 0 Å². The minimum Gasteiger partial charge on any atom is -0.493 e. The molecule has 1 saturated carbocycles. The van der Waals surface area contributed by atoms with Gasteiger partial charge in [-0.25, -0.2) is 0 Å². The third-order valence-corrected chi connectivity index (χ3v) is 8.07. The number of ether oxygens (including phenoxy) is 5. The molecule has 6 rings (SSSR count). The van der Waals surface area contributed by atoms with Crippen LogP contribution < -0.4 is 23.7 Å². The summed E-state index contributed by atoms with van der Waals surface area (Å²) in [7, 11) is 8.42. The molecular weight excluding hydrogens is 418 g/mol. The highest BCUT2D eigenvalue weighted by molar-refractivity contribution is 6.15. The first-order chi connectivity index (χ1) is 16.1. The Morgan fingerprint density at radius 2 is 1.33 bits per heavy atom. The van der Waals surface area contributed by atoms with Crippen LogP contribution in [0.5, 0.6) is 28.7 Å². The van der Waals surface area contributed by atoms with E-state index in [1.54, 1.807) is 35.5 Å². The number of fused-ring (bicyclic) bond motifs is 8. The molecule has 174 valence electrons. The van der Waals surface area contributed by atoms with Crippen molar-refractivity contribution in [2.75, 3.05) is 42.1 Å². The van der Waals surface area contributed by atoms with Gasteiger partial charge >= 0.3 is 0 Å². The number of hydrogen-bond acceptors (Lipinski definition) is 6. The van der Waals surface area contributed by atoms with E-state index in [2.05, 4.69) is 23.1 Å². The maximum absolute atomic E-state index is 5.99. The van der Waals surface area contributed by atoms with Crippen molar-refractivity contribution in [3.8, 4) is 28.7 Å². The minimum absolute atomic E-state index is 0.598. The zero-order valence-corrected chi connectivity index (χ0v) is 20.0. The Morgan fingerprint density at radius 1 is 0.667 bits per heavy atom. The Kier molecular flexibility index (Phi) is 4.77. The molecule has 0 spiro atoms. The van der Waals surface area contributed by atoms with Crippen molar-refractivity contribution in [2.45, 2.75) is 31.8 Å². The molecule has 2 fully saturated rings. The molecule has 0 amide bonds. The van der Waals surface area contributed by atoms with Crippen LogP contribution >= 0.6 is 0 Å². The first kappa shape index (κ1) is 20.7. The lowest BCUT2D eigenvalue weighted by atomic mass is 9.82. The van der Waals surface area contributed by atoms with Gasteiger partial charge in [-0.3, -0.25) is 4.90 Å². The number of methoxy groups -OCH3 is 5. The van der Waals surface area contributed by atoms with E-state index in [1.807, 2.05) is 0 Å². The standard InChI is InChI=1S/C27H31NO5/c1-29-22-9-18-17-8-16-7-14-6-15(14)12-28(16)13-21(17)25-20(19(18)10-23(22)30-2)11-24(31-3)26(32-4)27(25)33-5/h9-11,14-16H,6-8,12-13H2,1-5H3. The zero-order chi connectivity index (χ0) is 22.9. The van der Waals surface area contributed by atoms with Gasteiger partial charge in [0.2, 0.25) is 5.75 Å². The summed E-state index contributed by atoms with van der Waals surface area (Å²) in [4.78, 5) is 2.69. The van der Waals surface area contributed by atoms with Crippen molar-refractivity contribution in [2.24, 2.45) is 11.8 Å². The number of benzene rings is 3. The summed E-state index contributed by atoms with van der Waals surface area (Å²) in [5.41, 5.74) is 2.72. The molecule has 3 unspecified atom stereocenters. The summed E-state index contributed by atoms with van der Waals surface area (Å²) in [5, 5.41) is 4.54. The van der Waals surface area contributed by atoms with Crippen molar-refractivity contribution in [3.63, 3.8) is 0 Å². The van der Waals surface area contributed by atoms with Crippen molar-refractivity contribution >= 4 is 21.5 Å². The molecule has 3 aliphatic rings. The average molecular weight is 450 g/mol. The summed E-state index contributed by atoms with van der Waals surface area (Å²) in [6.45, 7) is 2.13. The van der Waals surface area contributed by atoms with Gasteiger partial charge in [0.05, 0.1) is 35.5 Å². The van der Waals surface area contributed by atoms with Crippen LogP contribution in [0.3, 0.4) is 0 Å². The molecule has 3 aromatic carbocycles. The van der Waals surface area contributed by atoms with Gasteiger partial charge in [-0.2, -0.15) is 0 Å². The van der Waals surface area contributed by atoms with Crippen molar-refractivity contribution in [3.05, 3.63) is 29.3 Å². The zero-order valence-electron chi connectivity index (χ0n) is 20.0. The second kappa shape index (κ2) is 7.59. The van der Waals surface area contributed by atoms with Gasteiger partial charge in [0.1, 0.15) is 0 Å². The SMILES string of the molecule is COc1cc2c3c(c4c(OC)c(OC)c(OC)cc4c2cc1OC)CN1CC2CC2CC1C3. The highest BCUT2D eigenvalue weighted by atomic mass is 16.5. The fourth-order valence-corrected chi connectivity index (χ4v) is 6.36. The Morgan fingerprint density at radius 3 is 2.00 bits per heavy atom. The van der Waals surface area contributed by atoms with E-state index in [0.29, 0.717) is 17.5 Å². The van der Waals surface area contributed by atoms with E-state index >= 15 is 0 Å². The summed E-state index contributed by atoms with van der Waals surface area (Å²) >= 11 is 0. The maximum Gasteiger partial charge on any atom is 0.203 e. The molecule has 2 aliphatic heterocycles. The number of hydrogen-bond donors (Lipinski definition) is 0. The molecule has 3 aromatic rings.